The zero-order valence-electron chi connectivity index (χ0n) is 13.9. The molecule has 1 aromatic carbocycles. The van der Waals surface area contributed by atoms with Gasteiger partial charge in [0.25, 0.3) is 0 Å². The maximum atomic E-state index is 5.48. The molecule has 0 aliphatic carbocycles. The van der Waals surface area contributed by atoms with E-state index in [1.807, 2.05) is 12.1 Å². The summed E-state index contributed by atoms with van der Waals surface area (Å²) in [5, 5.41) is 3.80. The van der Waals surface area contributed by atoms with Crippen LogP contribution in [0.4, 0.5) is 0 Å². The molecule has 1 N–H and O–H groups in total. The topological polar surface area (TPSA) is 24.5 Å². The molecule has 0 spiro atoms. The Morgan fingerprint density at radius 2 is 1.90 bits per heavy atom. The first kappa shape index (κ1) is 16.3. The SMILES string of the molecule is COc1ccccc1[C@@H](C)NC1CCCN(C(C)C)CC1. The molecule has 2 rings (SSSR count). The summed E-state index contributed by atoms with van der Waals surface area (Å²) < 4.78 is 5.48. The average molecular weight is 290 g/mol. The number of nitrogens with one attached hydrogen (secondary N) is 1. The van der Waals surface area contributed by atoms with Crippen LogP contribution in [0.15, 0.2) is 24.3 Å². The molecular weight excluding hydrogens is 260 g/mol. The van der Waals surface area contributed by atoms with E-state index >= 15 is 0 Å². The maximum Gasteiger partial charge on any atom is 0.123 e. The van der Waals surface area contributed by atoms with Gasteiger partial charge >= 0.3 is 0 Å². The average Bonchev–Trinajstić information content (AvgIpc) is 2.72. The zero-order chi connectivity index (χ0) is 15.2. The number of benzene rings is 1. The van der Waals surface area contributed by atoms with E-state index < -0.39 is 0 Å². The van der Waals surface area contributed by atoms with Crippen LogP contribution < -0.4 is 10.1 Å². The zero-order valence-corrected chi connectivity index (χ0v) is 13.9. The summed E-state index contributed by atoms with van der Waals surface area (Å²) in [5.74, 6) is 0.981. The molecule has 1 fully saturated rings. The lowest BCUT2D eigenvalue weighted by atomic mass is 10.0. The van der Waals surface area contributed by atoms with Crippen LogP contribution in [0.2, 0.25) is 0 Å². The number of nitrogens with zero attached hydrogens (tertiary/aromatic N) is 1. The van der Waals surface area contributed by atoms with E-state index in [-0.39, 0.29) is 0 Å². The predicted octanol–water partition coefficient (Wildman–Crippen LogP) is 3.61. The van der Waals surface area contributed by atoms with Gasteiger partial charge in [-0.1, -0.05) is 18.2 Å². The first-order valence-electron chi connectivity index (χ1n) is 8.24. The molecule has 1 aliphatic rings. The van der Waals surface area contributed by atoms with Crippen LogP contribution in [0.1, 0.15) is 51.6 Å². The molecule has 1 aliphatic heterocycles. The number of para-hydroxylation sites is 1. The van der Waals surface area contributed by atoms with Crippen molar-refractivity contribution < 1.29 is 4.74 Å². The van der Waals surface area contributed by atoms with Gasteiger partial charge < -0.3 is 15.0 Å². The predicted molar refractivity (Wildman–Crippen MR) is 88.9 cm³/mol. The summed E-state index contributed by atoms with van der Waals surface area (Å²) in [6, 6.07) is 9.92. The standard InChI is InChI=1S/C18H30N2O/c1-14(2)20-12-7-8-16(11-13-20)19-15(3)17-9-5-6-10-18(17)21-4/h5-6,9-10,14-16,19H,7-8,11-13H2,1-4H3/t15-,16?/m1/s1. The molecule has 118 valence electrons. The van der Waals surface area contributed by atoms with Crippen LogP contribution >= 0.6 is 0 Å². The van der Waals surface area contributed by atoms with E-state index in [0.29, 0.717) is 18.1 Å². The summed E-state index contributed by atoms with van der Waals surface area (Å²) in [4.78, 5) is 2.59. The Labute approximate surface area is 129 Å². The fourth-order valence-corrected chi connectivity index (χ4v) is 3.27. The Balaban J connectivity index is 1.95. The van der Waals surface area contributed by atoms with Gasteiger partial charge in [0.15, 0.2) is 0 Å². The Bertz CT molecular complexity index is 433. The van der Waals surface area contributed by atoms with Gasteiger partial charge in [-0.2, -0.15) is 0 Å². The molecule has 1 aromatic rings. The fourth-order valence-electron chi connectivity index (χ4n) is 3.27. The number of hydrogen-bond donors (Lipinski definition) is 1. The van der Waals surface area contributed by atoms with Crippen molar-refractivity contribution in [3.63, 3.8) is 0 Å². The molecule has 0 radical (unpaired) electrons. The summed E-state index contributed by atoms with van der Waals surface area (Å²) in [5.41, 5.74) is 1.25. The van der Waals surface area contributed by atoms with Crippen LogP contribution in [-0.4, -0.2) is 37.2 Å². The Hall–Kier alpha value is -1.06. The Kier molecular flexibility index (Phi) is 6.07. The third-order valence-corrected chi connectivity index (χ3v) is 4.58. The van der Waals surface area contributed by atoms with E-state index in [1.54, 1.807) is 7.11 Å². The summed E-state index contributed by atoms with van der Waals surface area (Å²) >= 11 is 0. The van der Waals surface area contributed by atoms with Gasteiger partial charge in [0, 0.05) is 23.7 Å². The monoisotopic (exact) mass is 290 g/mol. The maximum absolute atomic E-state index is 5.48. The van der Waals surface area contributed by atoms with Gasteiger partial charge in [-0.25, -0.2) is 0 Å². The van der Waals surface area contributed by atoms with Crippen LogP contribution in [-0.2, 0) is 0 Å². The van der Waals surface area contributed by atoms with Gasteiger partial charge in [-0.15, -0.1) is 0 Å². The van der Waals surface area contributed by atoms with Gasteiger partial charge in [-0.05, 0) is 59.2 Å². The molecule has 1 saturated heterocycles. The molecule has 21 heavy (non-hydrogen) atoms. The molecule has 0 saturated carbocycles. The highest BCUT2D eigenvalue weighted by atomic mass is 16.5. The number of methoxy groups -OCH3 is 1. The van der Waals surface area contributed by atoms with Crippen LogP contribution in [0.25, 0.3) is 0 Å². The minimum atomic E-state index is 0.330. The van der Waals surface area contributed by atoms with Crippen LogP contribution in [0.3, 0.4) is 0 Å². The molecule has 1 unspecified atom stereocenters. The van der Waals surface area contributed by atoms with Gasteiger partial charge in [0.1, 0.15) is 5.75 Å². The van der Waals surface area contributed by atoms with Crippen LogP contribution in [0.5, 0.6) is 5.75 Å². The second kappa shape index (κ2) is 7.81. The fraction of sp³-hybridized carbons (Fsp3) is 0.667. The normalized spacial score (nSPS) is 22.0. The van der Waals surface area contributed by atoms with E-state index in [2.05, 4.69) is 43.1 Å². The molecule has 2 atom stereocenters. The lowest BCUT2D eigenvalue weighted by molar-refractivity contribution is 0.228. The van der Waals surface area contributed by atoms with Crippen molar-refractivity contribution in [2.75, 3.05) is 20.2 Å². The van der Waals surface area contributed by atoms with Crippen molar-refractivity contribution in [3.05, 3.63) is 29.8 Å². The van der Waals surface area contributed by atoms with Crippen molar-refractivity contribution in [2.24, 2.45) is 0 Å². The third-order valence-electron chi connectivity index (χ3n) is 4.58. The molecule has 1 heterocycles. The highest BCUT2D eigenvalue weighted by Gasteiger charge is 2.21. The minimum Gasteiger partial charge on any atom is -0.496 e. The van der Waals surface area contributed by atoms with Crippen molar-refractivity contribution in [2.45, 2.75) is 58.2 Å². The van der Waals surface area contributed by atoms with Gasteiger partial charge in [0.05, 0.1) is 7.11 Å². The molecule has 0 aromatic heterocycles. The number of hydrogen-bond acceptors (Lipinski definition) is 3. The Morgan fingerprint density at radius 3 is 2.62 bits per heavy atom. The number of rotatable bonds is 5. The second-order valence-electron chi connectivity index (χ2n) is 6.39. The Morgan fingerprint density at radius 1 is 1.14 bits per heavy atom. The summed E-state index contributed by atoms with van der Waals surface area (Å²) in [6.45, 7) is 9.27. The van der Waals surface area contributed by atoms with Gasteiger partial charge in [0.2, 0.25) is 0 Å². The lowest BCUT2D eigenvalue weighted by Crippen LogP contribution is -2.35. The number of ether oxygens (including phenoxy) is 1. The second-order valence-corrected chi connectivity index (χ2v) is 6.39. The highest BCUT2D eigenvalue weighted by Crippen LogP contribution is 2.26. The van der Waals surface area contributed by atoms with Crippen molar-refractivity contribution >= 4 is 0 Å². The first-order chi connectivity index (χ1) is 10.1. The smallest absolute Gasteiger partial charge is 0.123 e. The quantitative estimate of drug-likeness (QED) is 0.896. The first-order valence-corrected chi connectivity index (χ1v) is 8.24. The highest BCUT2D eigenvalue weighted by molar-refractivity contribution is 5.35. The molecule has 3 nitrogen and oxygen atoms in total. The minimum absolute atomic E-state index is 0.330. The summed E-state index contributed by atoms with van der Waals surface area (Å²) in [7, 11) is 1.75. The third kappa shape index (κ3) is 4.45. The van der Waals surface area contributed by atoms with E-state index in [1.165, 1.54) is 37.9 Å². The molecule has 0 amide bonds. The van der Waals surface area contributed by atoms with Crippen molar-refractivity contribution in [1.82, 2.24) is 10.2 Å². The van der Waals surface area contributed by atoms with E-state index in [0.717, 1.165) is 5.75 Å². The van der Waals surface area contributed by atoms with Gasteiger partial charge in [-0.3, -0.25) is 0 Å². The molecular formula is C18H30N2O. The molecule has 0 bridgehead atoms. The number of likely N-dealkylation sites (tertiary alicyclic amines) is 1. The summed E-state index contributed by atoms with van der Waals surface area (Å²) in [6.07, 6.45) is 3.79. The van der Waals surface area contributed by atoms with Crippen molar-refractivity contribution in [3.8, 4) is 5.75 Å². The molecule has 3 heteroatoms. The van der Waals surface area contributed by atoms with E-state index in [4.69, 9.17) is 4.74 Å². The van der Waals surface area contributed by atoms with E-state index in [9.17, 15) is 0 Å². The largest absolute Gasteiger partial charge is 0.496 e. The lowest BCUT2D eigenvalue weighted by Gasteiger charge is -2.25. The van der Waals surface area contributed by atoms with Crippen LogP contribution in [0, 0.1) is 0 Å². The van der Waals surface area contributed by atoms with Crippen molar-refractivity contribution in [1.29, 1.82) is 0 Å².